The first-order valence-corrected chi connectivity index (χ1v) is 10.7. The summed E-state index contributed by atoms with van der Waals surface area (Å²) < 4.78 is 1.19. The molecule has 1 aromatic carbocycles. The van der Waals surface area contributed by atoms with Crippen LogP contribution in [0.15, 0.2) is 24.3 Å². The van der Waals surface area contributed by atoms with E-state index in [-0.39, 0.29) is 18.0 Å². The summed E-state index contributed by atoms with van der Waals surface area (Å²) in [5, 5.41) is 4.11. The molecule has 2 saturated heterocycles. The fourth-order valence-electron chi connectivity index (χ4n) is 4.79. The van der Waals surface area contributed by atoms with E-state index >= 15 is 0 Å². The first kappa shape index (κ1) is 17.1. The SMILES string of the molecule is O=C1NC2(CCCCC2)C(=O)N1CN1CCC[C@H]1c1nc2ccccc2s1. The molecule has 3 fully saturated rings. The molecule has 1 aliphatic carbocycles. The van der Waals surface area contributed by atoms with Crippen molar-refractivity contribution in [1.82, 2.24) is 20.1 Å². The highest BCUT2D eigenvalue weighted by molar-refractivity contribution is 7.18. The van der Waals surface area contributed by atoms with Gasteiger partial charge >= 0.3 is 6.03 Å². The number of para-hydroxylation sites is 1. The first-order chi connectivity index (χ1) is 13.2. The van der Waals surface area contributed by atoms with Gasteiger partial charge in [-0.25, -0.2) is 14.7 Å². The Kier molecular flexibility index (Phi) is 4.16. The third-order valence-electron chi connectivity index (χ3n) is 6.24. The van der Waals surface area contributed by atoms with E-state index in [0.717, 1.165) is 62.0 Å². The number of nitrogens with one attached hydrogen (secondary N) is 1. The zero-order valence-corrected chi connectivity index (χ0v) is 16.1. The molecule has 0 bridgehead atoms. The van der Waals surface area contributed by atoms with Crippen molar-refractivity contribution >= 4 is 33.5 Å². The maximum atomic E-state index is 13.1. The lowest BCUT2D eigenvalue weighted by atomic mass is 9.82. The lowest BCUT2D eigenvalue weighted by Crippen LogP contribution is -2.49. The number of thiazole rings is 1. The highest BCUT2D eigenvalue weighted by Gasteiger charge is 2.52. The summed E-state index contributed by atoms with van der Waals surface area (Å²) in [6, 6.07) is 8.14. The molecule has 7 heteroatoms. The molecule has 2 aromatic rings. The predicted molar refractivity (Wildman–Crippen MR) is 104 cm³/mol. The number of imide groups is 1. The number of hydrogen-bond acceptors (Lipinski definition) is 5. The second-order valence-electron chi connectivity index (χ2n) is 7.94. The molecular weight excluding hydrogens is 360 g/mol. The smallest absolute Gasteiger partial charge is 0.323 e. The Morgan fingerprint density at radius 2 is 1.96 bits per heavy atom. The summed E-state index contributed by atoms with van der Waals surface area (Å²) in [6.07, 6.45) is 6.81. The summed E-state index contributed by atoms with van der Waals surface area (Å²) in [7, 11) is 0. The fourth-order valence-corrected chi connectivity index (χ4v) is 5.93. The number of rotatable bonds is 3. The Hall–Kier alpha value is -1.99. The standard InChI is InChI=1S/C20H24N4O2S/c25-18-20(10-4-1-5-11-20)22-19(26)24(18)13-23-12-6-8-15(23)17-21-14-7-2-3-9-16(14)27-17/h2-3,7,9,15H,1,4-6,8,10-13H2,(H,22,26)/t15-/m0/s1. The van der Waals surface area contributed by atoms with Gasteiger partial charge in [-0.3, -0.25) is 9.69 Å². The lowest BCUT2D eigenvalue weighted by molar-refractivity contribution is -0.134. The third kappa shape index (κ3) is 2.84. The molecule has 27 heavy (non-hydrogen) atoms. The quantitative estimate of drug-likeness (QED) is 0.821. The van der Waals surface area contributed by atoms with Crippen molar-refractivity contribution in [1.29, 1.82) is 0 Å². The van der Waals surface area contributed by atoms with Crippen molar-refractivity contribution < 1.29 is 9.59 Å². The highest BCUT2D eigenvalue weighted by atomic mass is 32.1. The van der Waals surface area contributed by atoms with E-state index in [0.29, 0.717) is 6.67 Å². The lowest BCUT2D eigenvalue weighted by Gasteiger charge is -2.31. The van der Waals surface area contributed by atoms with Crippen LogP contribution in [0.3, 0.4) is 0 Å². The van der Waals surface area contributed by atoms with Crippen molar-refractivity contribution in [2.45, 2.75) is 56.5 Å². The van der Waals surface area contributed by atoms with Crippen LogP contribution in [0.5, 0.6) is 0 Å². The molecule has 6 nitrogen and oxygen atoms in total. The minimum Gasteiger partial charge on any atom is -0.323 e. The Morgan fingerprint density at radius 3 is 2.78 bits per heavy atom. The second-order valence-corrected chi connectivity index (χ2v) is 9.00. The summed E-state index contributed by atoms with van der Waals surface area (Å²) in [4.78, 5) is 34.2. The van der Waals surface area contributed by atoms with E-state index < -0.39 is 5.54 Å². The van der Waals surface area contributed by atoms with E-state index in [1.807, 2.05) is 18.2 Å². The maximum Gasteiger partial charge on any atom is 0.326 e. The van der Waals surface area contributed by atoms with Crippen molar-refractivity contribution in [3.63, 3.8) is 0 Å². The van der Waals surface area contributed by atoms with Crippen LogP contribution in [0, 0.1) is 0 Å². The van der Waals surface area contributed by atoms with Gasteiger partial charge in [-0.05, 0) is 37.8 Å². The molecular formula is C20H24N4O2S. The van der Waals surface area contributed by atoms with Crippen LogP contribution in [0.2, 0.25) is 0 Å². The zero-order valence-electron chi connectivity index (χ0n) is 15.3. The normalized spacial score (nSPS) is 25.6. The maximum absolute atomic E-state index is 13.1. The number of urea groups is 1. The van der Waals surface area contributed by atoms with Crippen LogP contribution in [-0.2, 0) is 4.79 Å². The molecule has 1 saturated carbocycles. The molecule has 2 aliphatic heterocycles. The number of amides is 3. The van der Waals surface area contributed by atoms with Gasteiger partial charge < -0.3 is 5.32 Å². The summed E-state index contributed by atoms with van der Waals surface area (Å²) in [6.45, 7) is 1.26. The number of nitrogens with zero attached hydrogens (tertiary/aromatic N) is 3. The number of hydrogen-bond donors (Lipinski definition) is 1. The molecule has 1 atom stereocenters. The zero-order chi connectivity index (χ0) is 18.4. The van der Waals surface area contributed by atoms with Gasteiger partial charge in [0.2, 0.25) is 0 Å². The average molecular weight is 385 g/mol. The van der Waals surface area contributed by atoms with Gasteiger partial charge in [0.1, 0.15) is 10.5 Å². The number of benzene rings is 1. The molecule has 0 radical (unpaired) electrons. The van der Waals surface area contributed by atoms with E-state index in [2.05, 4.69) is 16.3 Å². The van der Waals surface area contributed by atoms with Crippen LogP contribution < -0.4 is 5.32 Å². The highest BCUT2D eigenvalue weighted by Crippen LogP contribution is 2.38. The van der Waals surface area contributed by atoms with Gasteiger partial charge in [-0.1, -0.05) is 31.4 Å². The minimum atomic E-state index is -0.638. The number of carbonyl (C=O) groups excluding carboxylic acids is 2. The number of likely N-dealkylation sites (tertiary alicyclic amines) is 1. The van der Waals surface area contributed by atoms with Gasteiger partial charge in [-0.2, -0.15) is 0 Å². The summed E-state index contributed by atoms with van der Waals surface area (Å²) in [5.74, 6) is -0.0258. The molecule has 1 aromatic heterocycles. The van der Waals surface area contributed by atoms with E-state index in [1.165, 1.54) is 9.60 Å². The molecule has 1 spiro atoms. The van der Waals surface area contributed by atoms with Gasteiger partial charge in [0.15, 0.2) is 0 Å². The fraction of sp³-hybridized carbons (Fsp3) is 0.550. The Bertz CT molecular complexity index is 856. The molecule has 5 rings (SSSR count). The molecule has 3 heterocycles. The average Bonchev–Trinajstić information content (AvgIpc) is 3.36. The molecule has 0 unspecified atom stereocenters. The van der Waals surface area contributed by atoms with Crippen LogP contribution in [0.1, 0.15) is 56.0 Å². The van der Waals surface area contributed by atoms with Crippen LogP contribution in [0.25, 0.3) is 10.2 Å². The van der Waals surface area contributed by atoms with E-state index in [4.69, 9.17) is 4.98 Å². The molecule has 142 valence electrons. The number of fused-ring (bicyclic) bond motifs is 1. The summed E-state index contributed by atoms with van der Waals surface area (Å²) >= 11 is 1.72. The Labute approximate surface area is 162 Å². The van der Waals surface area contributed by atoms with E-state index in [9.17, 15) is 9.59 Å². The van der Waals surface area contributed by atoms with Crippen LogP contribution in [0.4, 0.5) is 4.79 Å². The number of carbonyl (C=O) groups is 2. The van der Waals surface area contributed by atoms with Crippen LogP contribution >= 0.6 is 11.3 Å². The van der Waals surface area contributed by atoms with Crippen molar-refractivity contribution in [3.8, 4) is 0 Å². The topological polar surface area (TPSA) is 65.5 Å². The Morgan fingerprint density at radius 1 is 1.15 bits per heavy atom. The van der Waals surface area contributed by atoms with Gasteiger partial charge in [0.05, 0.1) is 22.9 Å². The third-order valence-corrected chi connectivity index (χ3v) is 7.37. The summed E-state index contributed by atoms with van der Waals surface area (Å²) in [5.41, 5.74) is 0.390. The molecule has 3 amide bonds. The van der Waals surface area contributed by atoms with Gasteiger partial charge in [-0.15, -0.1) is 11.3 Å². The second kappa shape index (κ2) is 6.56. The Balaban J connectivity index is 1.36. The number of aromatic nitrogens is 1. The van der Waals surface area contributed by atoms with Crippen LogP contribution in [-0.4, -0.2) is 45.5 Å². The minimum absolute atomic E-state index is 0.0258. The van der Waals surface area contributed by atoms with Gasteiger partial charge in [0.25, 0.3) is 5.91 Å². The largest absolute Gasteiger partial charge is 0.326 e. The van der Waals surface area contributed by atoms with Crippen molar-refractivity contribution in [3.05, 3.63) is 29.3 Å². The predicted octanol–water partition coefficient (Wildman–Crippen LogP) is 3.65. The first-order valence-electron chi connectivity index (χ1n) is 9.90. The van der Waals surface area contributed by atoms with Crippen molar-refractivity contribution in [2.24, 2.45) is 0 Å². The molecule has 1 N–H and O–H groups in total. The monoisotopic (exact) mass is 384 g/mol. The van der Waals surface area contributed by atoms with E-state index in [1.54, 1.807) is 11.3 Å². The molecule has 3 aliphatic rings. The van der Waals surface area contributed by atoms with Gasteiger partial charge in [0, 0.05) is 6.54 Å². The van der Waals surface area contributed by atoms with Crippen molar-refractivity contribution in [2.75, 3.05) is 13.2 Å².